The number of benzene rings is 2. The average Bonchev–Trinajstić information content (AvgIpc) is 2.81. The van der Waals surface area contributed by atoms with Gasteiger partial charge in [-0.15, -0.1) is 0 Å². The zero-order chi connectivity index (χ0) is 23.5. The number of carbonyl (C=O) groups is 2. The molecule has 6 nitrogen and oxygen atoms in total. The molecule has 2 rings (SSSR count). The summed E-state index contributed by atoms with van der Waals surface area (Å²) in [4.78, 5) is 24.7. The molecule has 0 heterocycles. The minimum atomic E-state index is -0.970. The molecule has 0 saturated heterocycles. The average molecular weight is 441 g/mol. The van der Waals surface area contributed by atoms with Gasteiger partial charge in [-0.3, -0.25) is 4.79 Å². The fourth-order valence-corrected chi connectivity index (χ4v) is 3.06. The molecule has 2 aromatic rings. The topological polar surface area (TPSA) is 82.1 Å². The molecule has 0 spiro atoms. The molecule has 0 fully saturated rings. The number of ketones is 1. The molecule has 2 aromatic carbocycles. The van der Waals surface area contributed by atoms with Crippen molar-refractivity contribution < 1.29 is 28.9 Å². The summed E-state index contributed by atoms with van der Waals surface area (Å²) >= 11 is 0. The van der Waals surface area contributed by atoms with E-state index in [1.165, 1.54) is 6.92 Å². The van der Waals surface area contributed by atoms with Gasteiger partial charge >= 0.3 is 5.97 Å². The van der Waals surface area contributed by atoms with E-state index in [4.69, 9.17) is 14.2 Å². The third kappa shape index (κ3) is 7.94. The van der Waals surface area contributed by atoms with Crippen LogP contribution in [0.15, 0.2) is 66.2 Å². The highest BCUT2D eigenvalue weighted by molar-refractivity contribution is 5.93. The molecule has 0 aliphatic heterocycles. The first-order valence-corrected chi connectivity index (χ1v) is 10.7. The van der Waals surface area contributed by atoms with Crippen molar-refractivity contribution in [1.82, 2.24) is 0 Å². The maximum absolute atomic E-state index is 12.6. The van der Waals surface area contributed by atoms with Crippen LogP contribution in [-0.4, -0.2) is 42.8 Å². The third-order valence-corrected chi connectivity index (χ3v) is 5.18. The van der Waals surface area contributed by atoms with E-state index < -0.39 is 24.1 Å². The Kier molecular flexibility index (Phi) is 10.1. The van der Waals surface area contributed by atoms with Crippen LogP contribution in [0.4, 0.5) is 0 Å². The van der Waals surface area contributed by atoms with E-state index in [1.54, 1.807) is 50.4 Å². The van der Waals surface area contributed by atoms with Crippen LogP contribution in [-0.2, 0) is 20.9 Å². The van der Waals surface area contributed by atoms with Gasteiger partial charge in [0.2, 0.25) is 0 Å². The SMILES string of the molecule is COc1ccc(COCC/C(C)=C/[C@@H](O)[C@@H](C)C(=O)[C@H](C)OC(=O)c2ccccc2)cc1. The fourth-order valence-electron chi connectivity index (χ4n) is 3.06. The molecule has 32 heavy (non-hydrogen) atoms. The second kappa shape index (κ2) is 12.8. The molecule has 0 saturated carbocycles. The van der Waals surface area contributed by atoms with Crippen molar-refractivity contribution in [2.24, 2.45) is 5.92 Å². The molecule has 0 bridgehead atoms. The van der Waals surface area contributed by atoms with Crippen LogP contribution in [0.3, 0.4) is 0 Å². The van der Waals surface area contributed by atoms with Gasteiger partial charge in [-0.25, -0.2) is 4.79 Å². The van der Waals surface area contributed by atoms with Gasteiger partial charge in [0.1, 0.15) is 5.75 Å². The number of carbonyl (C=O) groups excluding carboxylic acids is 2. The highest BCUT2D eigenvalue weighted by atomic mass is 16.5. The molecule has 0 aliphatic carbocycles. The van der Waals surface area contributed by atoms with Gasteiger partial charge < -0.3 is 19.3 Å². The van der Waals surface area contributed by atoms with Gasteiger partial charge in [0.05, 0.1) is 32.0 Å². The van der Waals surface area contributed by atoms with Gasteiger partial charge in [0.15, 0.2) is 11.9 Å². The van der Waals surface area contributed by atoms with Crippen LogP contribution < -0.4 is 4.74 Å². The number of hydrogen-bond acceptors (Lipinski definition) is 6. The van der Waals surface area contributed by atoms with Crippen molar-refractivity contribution in [2.75, 3.05) is 13.7 Å². The molecule has 0 aliphatic rings. The molecular formula is C26H32O6. The van der Waals surface area contributed by atoms with Gasteiger partial charge in [-0.2, -0.15) is 0 Å². The monoisotopic (exact) mass is 440 g/mol. The van der Waals surface area contributed by atoms with E-state index in [-0.39, 0.29) is 5.78 Å². The van der Waals surface area contributed by atoms with Crippen LogP contribution in [0.1, 0.15) is 43.1 Å². The molecular weight excluding hydrogens is 408 g/mol. The number of methoxy groups -OCH3 is 1. The molecule has 172 valence electrons. The largest absolute Gasteiger partial charge is 0.497 e. The van der Waals surface area contributed by atoms with Gasteiger partial charge in [-0.05, 0) is 50.1 Å². The first kappa shape index (κ1) is 25.3. The quantitative estimate of drug-likeness (QED) is 0.300. The van der Waals surface area contributed by atoms with Crippen LogP contribution in [0, 0.1) is 5.92 Å². The van der Waals surface area contributed by atoms with Gasteiger partial charge in [0.25, 0.3) is 0 Å². The minimum Gasteiger partial charge on any atom is -0.497 e. The predicted octanol–water partition coefficient (Wildman–Crippen LogP) is 4.36. The number of aliphatic hydroxyl groups is 1. The predicted molar refractivity (Wildman–Crippen MR) is 123 cm³/mol. The fraction of sp³-hybridized carbons (Fsp3) is 0.385. The standard InChI is InChI=1S/C26H32O6/c1-18(14-15-31-17-21-10-12-23(30-4)13-11-21)16-24(27)19(2)25(28)20(3)32-26(29)22-8-6-5-7-9-22/h5-13,16,19-20,24,27H,14-15,17H2,1-4H3/b18-16+/t19-,20+,24-/m1/s1. The van der Waals surface area contributed by atoms with Crippen molar-refractivity contribution >= 4 is 11.8 Å². The van der Waals surface area contributed by atoms with Crippen molar-refractivity contribution in [1.29, 1.82) is 0 Å². The lowest BCUT2D eigenvalue weighted by Gasteiger charge is -2.20. The minimum absolute atomic E-state index is 0.332. The lowest BCUT2D eigenvalue weighted by Crippen LogP contribution is -2.34. The first-order valence-electron chi connectivity index (χ1n) is 10.7. The summed E-state index contributed by atoms with van der Waals surface area (Å²) in [6.45, 7) is 6.02. The Morgan fingerprint density at radius 1 is 1.03 bits per heavy atom. The zero-order valence-electron chi connectivity index (χ0n) is 19.1. The van der Waals surface area contributed by atoms with Crippen molar-refractivity contribution in [3.8, 4) is 5.75 Å². The van der Waals surface area contributed by atoms with E-state index in [1.807, 2.05) is 31.2 Å². The van der Waals surface area contributed by atoms with Crippen LogP contribution >= 0.6 is 0 Å². The summed E-state index contributed by atoms with van der Waals surface area (Å²) in [5.41, 5.74) is 2.34. The smallest absolute Gasteiger partial charge is 0.338 e. The molecule has 6 heteroatoms. The summed E-state index contributed by atoms with van der Waals surface area (Å²) < 4.78 is 16.1. The van der Waals surface area contributed by atoms with E-state index >= 15 is 0 Å². The van der Waals surface area contributed by atoms with E-state index in [0.29, 0.717) is 25.2 Å². The molecule has 0 amide bonds. The van der Waals surface area contributed by atoms with Crippen LogP contribution in [0.2, 0.25) is 0 Å². The summed E-state index contributed by atoms with van der Waals surface area (Å²) in [5.74, 6) is -0.798. The maximum Gasteiger partial charge on any atom is 0.338 e. The Labute approximate surface area is 189 Å². The normalized spacial score (nSPS) is 14.3. The van der Waals surface area contributed by atoms with E-state index in [9.17, 15) is 14.7 Å². The Balaban J connectivity index is 1.77. The summed E-state index contributed by atoms with van der Waals surface area (Å²) in [5, 5.41) is 10.5. The number of ether oxygens (including phenoxy) is 3. The zero-order valence-corrected chi connectivity index (χ0v) is 19.1. The Morgan fingerprint density at radius 2 is 1.69 bits per heavy atom. The second-order valence-corrected chi connectivity index (χ2v) is 7.76. The number of aliphatic hydroxyl groups excluding tert-OH is 1. The summed E-state index contributed by atoms with van der Waals surface area (Å²) in [6.07, 6.45) is 0.369. The summed E-state index contributed by atoms with van der Waals surface area (Å²) in [6, 6.07) is 16.2. The summed E-state index contributed by atoms with van der Waals surface area (Å²) in [7, 11) is 1.63. The number of esters is 1. The van der Waals surface area contributed by atoms with Crippen molar-refractivity contribution in [2.45, 2.75) is 46.0 Å². The van der Waals surface area contributed by atoms with Crippen molar-refractivity contribution in [3.05, 3.63) is 77.4 Å². The highest BCUT2D eigenvalue weighted by Gasteiger charge is 2.28. The highest BCUT2D eigenvalue weighted by Crippen LogP contribution is 2.16. The van der Waals surface area contributed by atoms with E-state index in [0.717, 1.165) is 16.9 Å². The van der Waals surface area contributed by atoms with E-state index in [2.05, 4.69) is 0 Å². The van der Waals surface area contributed by atoms with Crippen molar-refractivity contribution in [3.63, 3.8) is 0 Å². The van der Waals surface area contributed by atoms with Gasteiger partial charge in [0, 0.05) is 5.92 Å². The second-order valence-electron chi connectivity index (χ2n) is 7.76. The number of Topliss-reactive ketones (excluding diaryl/α,β-unsaturated/α-hetero) is 1. The van der Waals surface area contributed by atoms with Crippen LogP contribution in [0.5, 0.6) is 5.75 Å². The molecule has 3 atom stereocenters. The lowest BCUT2D eigenvalue weighted by molar-refractivity contribution is -0.132. The molecule has 0 unspecified atom stereocenters. The Morgan fingerprint density at radius 3 is 2.31 bits per heavy atom. The molecule has 0 radical (unpaired) electrons. The number of hydrogen-bond donors (Lipinski definition) is 1. The maximum atomic E-state index is 12.6. The lowest BCUT2D eigenvalue weighted by atomic mass is 9.94. The van der Waals surface area contributed by atoms with Crippen LogP contribution in [0.25, 0.3) is 0 Å². The third-order valence-electron chi connectivity index (χ3n) is 5.18. The molecule has 1 N–H and O–H groups in total. The Bertz CT molecular complexity index is 888. The van der Waals surface area contributed by atoms with Gasteiger partial charge in [-0.1, -0.05) is 48.9 Å². The number of rotatable bonds is 12. The molecule has 0 aromatic heterocycles. The first-order chi connectivity index (χ1) is 15.3. The Hall–Kier alpha value is -2.96.